The number of hydrogen-bond donors (Lipinski definition) is 1. The van der Waals surface area contributed by atoms with Gasteiger partial charge in [0.05, 0.1) is 11.8 Å². The third kappa shape index (κ3) is 5.30. The third-order valence-corrected chi connectivity index (χ3v) is 5.72. The molecule has 2 heterocycles. The molecule has 7 nitrogen and oxygen atoms in total. The molecule has 1 amide bonds. The zero-order valence-electron chi connectivity index (χ0n) is 17.3. The molecular formula is C20H26ClN5O2S. The van der Waals surface area contributed by atoms with E-state index in [-0.39, 0.29) is 12.0 Å². The molecule has 9 heteroatoms. The first-order valence-corrected chi connectivity index (χ1v) is 11.0. The standard InChI is InChI=1S/C20H26ClN5O2S/c1-6-12(2)16(22-19(27)28-20(3,4)5)17-23-24-18-26(17)25-15(11-29-18)13-7-9-14(21)10-8-13/h7-10,12,16H,6,11H2,1-5H3,(H,22,27). The Labute approximate surface area is 180 Å². The van der Waals surface area contributed by atoms with Gasteiger partial charge in [-0.1, -0.05) is 55.8 Å². The Hall–Kier alpha value is -2.06. The number of amides is 1. The van der Waals surface area contributed by atoms with Crippen LogP contribution in [-0.4, -0.2) is 38.0 Å². The minimum absolute atomic E-state index is 0.122. The lowest BCUT2D eigenvalue weighted by atomic mass is 9.99. The number of thioether (sulfide) groups is 1. The van der Waals surface area contributed by atoms with Gasteiger partial charge < -0.3 is 10.1 Å². The van der Waals surface area contributed by atoms with Gasteiger partial charge in [0.15, 0.2) is 5.82 Å². The number of carbonyl (C=O) groups is 1. The summed E-state index contributed by atoms with van der Waals surface area (Å²) in [5.41, 5.74) is 1.32. The van der Waals surface area contributed by atoms with Gasteiger partial charge in [-0.25, -0.2) is 4.79 Å². The topological polar surface area (TPSA) is 81.4 Å². The average molecular weight is 436 g/mol. The lowest BCUT2D eigenvalue weighted by Crippen LogP contribution is -2.38. The highest BCUT2D eigenvalue weighted by atomic mass is 35.5. The Morgan fingerprint density at radius 3 is 2.62 bits per heavy atom. The van der Waals surface area contributed by atoms with Gasteiger partial charge in [0, 0.05) is 10.8 Å². The van der Waals surface area contributed by atoms with Crippen LogP contribution in [0.1, 0.15) is 58.5 Å². The van der Waals surface area contributed by atoms with Gasteiger partial charge in [-0.3, -0.25) is 0 Å². The Morgan fingerprint density at radius 1 is 1.31 bits per heavy atom. The molecule has 0 radical (unpaired) electrons. The molecule has 2 unspecified atom stereocenters. The Balaban J connectivity index is 1.93. The number of carbonyl (C=O) groups excluding carboxylic acids is 1. The normalized spacial score (nSPS) is 15.9. The first-order chi connectivity index (χ1) is 13.7. The third-order valence-electron chi connectivity index (χ3n) is 4.54. The number of rotatable bonds is 5. The summed E-state index contributed by atoms with van der Waals surface area (Å²) in [6, 6.07) is 7.21. The molecule has 0 spiro atoms. The minimum atomic E-state index is -0.579. The summed E-state index contributed by atoms with van der Waals surface area (Å²) < 4.78 is 7.17. The maximum Gasteiger partial charge on any atom is 0.408 e. The molecule has 1 N–H and O–H groups in total. The summed E-state index contributed by atoms with van der Waals surface area (Å²) in [6.45, 7) is 9.64. The first-order valence-electron chi connectivity index (χ1n) is 9.59. The van der Waals surface area contributed by atoms with Crippen LogP contribution in [0.15, 0.2) is 34.5 Å². The van der Waals surface area contributed by atoms with Crippen molar-refractivity contribution in [2.45, 2.75) is 57.8 Å². The molecule has 1 aromatic heterocycles. The Kier molecular flexibility index (Phi) is 6.53. The summed E-state index contributed by atoms with van der Waals surface area (Å²) in [5.74, 6) is 1.41. The van der Waals surface area contributed by atoms with Gasteiger partial charge in [0.1, 0.15) is 5.60 Å². The van der Waals surface area contributed by atoms with Crippen LogP contribution in [0.3, 0.4) is 0 Å². The van der Waals surface area contributed by atoms with Crippen molar-refractivity contribution in [2.24, 2.45) is 11.0 Å². The second-order valence-corrected chi connectivity index (χ2v) is 9.38. The number of fused-ring (bicyclic) bond motifs is 1. The fourth-order valence-electron chi connectivity index (χ4n) is 2.85. The number of nitrogens with one attached hydrogen (secondary N) is 1. The smallest absolute Gasteiger partial charge is 0.408 e. The van der Waals surface area contributed by atoms with E-state index in [0.29, 0.717) is 21.8 Å². The van der Waals surface area contributed by atoms with Gasteiger partial charge >= 0.3 is 6.09 Å². The molecule has 0 aliphatic carbocycles. The van der Waals surface area contributed by atoms with Crippen LogP contribution in [0.5, 0.6) is 0 Å². The van der Waals surface area contributed by atoms with Crippen molar-refractivity contribution >= 4 is 35.2 Å². The number of aromatic nitrogens is 3. The zero-order chi connectivity index (χ0) is 21.2. The fourth-order valence-corrected chi connectivity index (χ4v) is 3.82. The lowest BCUT2D eigenvalue weighted by molar-refractivity contribution is 0.0482. The Bertz CT molecular complexity index is 905. The monoisotopic (exact) mass is 435 g/mol. The summed E-state index contributed by atoms with van der Waals surface area (Å²) in [6.07, 6.45) is 0.370. The number of benzene rings is 1. The van der Waals surface area contributed by atoms with E-state index in [1.807, 2.05) is 45.0 Å². The maximum absolute atomic E-state index is 12.4. The van der Waals surface area contributed by atoms with Crippen LogP contribution < -0.4 is 5.32 Å². The molecule has 0 bridgehead atoms. The molecule has 3 rings (SSSR count). The molecule has 156 valence electrons. The van der Waals surface area contributed by atoms with E-state index in [9.17, 15) is 4.79 Å². The molecule has 2 aromatic rings. The maximum atomic E-state index is 12.4. The molecule has 29 heavy (non-hydrogen) atoms. The summed E-state index contributed by atoms with van der Waals surface area (Å²) >= 11 is 7.57. The fraction of sp³-hybridized carbons (Fsp3) is 0.500. The number of ether oxygens (including phenoxy) is 1. The van der Waals surface area contributed by atoms with Crippen LogP contribution in [-0.2, 0) is 4.74 Å². The average Bonchev–Trinajstić information content (AvgIpc) is 3.07. The minimum Gasteiger partial charge on any atom is -0.444 e. The van der Waals surface area contributed by atoms with Gasteiger partial charge in [-0.15, -0.1) is 10.2 Å². The SMILES string of the molecule is CCC(C)C(NC(=O)OC(C)(C)C)c1nnc2n1N=C(c1ccc(Cl)cc1)CS2. The predicted molar refractivity (Wildman–Crippen MR) is 116 cm³/mol. The van der Waals surface area contributed by atoms with E-state index in [4.69, 9.17) is 21.4 Å². The van der Waals surface area contributed by atoms with Gasteiger partial charge in [-0.05, 0) is 44.4 Å². The van der Waals surface area contributed by atoms with Crippen molar-refractivity contribution in [1.82, 2.24) is 20.2 Å². The van der Waals surface area contributed by atoms with Crippen LogP contribution >= 0.6 is 23.4 Å². The van der Waals surface area contributed by atoms with E-state index >= 15 is 0 Å². The number of hydrogen-bond acceptors (Lipinski definition) is 6. The summed E-state index contributed by atoms with van der Waals surface area (Å²) in [5, 5.41) is 17.7. The zero-order valence-corrected chi connectivity index (χ0v) is 18.8. The van der Waals surface area contributed by atoms with Gasteiger partial charge in [0.25, 0.3) is 0 Å². The molecular weight excluding hydrogens is 410 g/mol. The van der Waals surface area contributed by atoms with Crippen LogP contribution in [0.2, 0.25) is 5.02 Å². The van der Waals surface area contributed by atoms with Crippen molar-refractivity contribution in [3.05, 3.63) is 40.7 Å². The quantitative estimate of drug-likeness (QED) is 0.722. The van der Waals surface area contributed by atoms with Crippen molar-refractivity contribution < 1.29 is 9.53 Å². The van der Waals surface area contributed by atoms with Crippen molar-refractivity contribution in [1.29, 1.82) is 0 Å². The number of nitrogens with zero attached hydrogens (tertiary/aromatic N) is 4. The van der Waals surface area contributed by atoms with Crippen molar-refractivity contribution in [3.63, 3.8) is 0 Å². The van der Waals surface area contributed by atoms with Gasteiger partial charge in [0.2, 0.25) is 5.16 Å². The van der Waals surface area contributed by atoms with Crippen molar-refractivity contribution in [2.75, 3.05) is 5.75 Å². The van der Waals surface area contributed by atoms with E-state index in [2.05, 4.69) is 29.4 Å². The van der Waals surface area contributed by atoms with E-state index in [0.717, 1.165) is 17.7 Å². The number of halogens is 1. The summed E-state index contributed by atoms with van der Waals surface area (Å²) in [7, 11) is 0. The molecule has 1 aliphatic heterocycles. The summed E-state index contributed by atoms with van der Waals surface area (Å²) in [4.78, 5) is 12.4. The predicted octanol–water partition coefficient (Wildman–Crippen LogP) is 4.90. The highest BCUT2D eigenvalue weighted by Crippen LogP contribution is 2.30. The van der Waals surface area contributed by atoms with Gasteiger partial charge in [-0.2, -0.15) is 9.78 Å². The molecule has 1 aromatic carbocycles. The molecule has 0 saturated carbocycles. The van der Waals surface area contributed by atoms with Crippen molar-refractivity contribution in [3.8, 4) is 0 Å². The second-order valence-electron chi connectivity index (χ2n) is 8.00. The molecule has 2 atom stereocenters. The van der Waals surface area contributed by atoms with Crippen LogP contribution in [0.25, 0.3) is 0 Å². The first kappa shape index (κ1) is 21.6. The van der Waals surface area contributed by atoms with E-state index in [1.54, 1.807) is 16.4 Å². The van der Waals surface area contributed by atoms with E-state index in [1.165, 1.54) is 0 Å². The molecule has 1 aliphatic rings. The van der Waals surface area contributed by atoms with E-state index < -0.39 is 11.7 Å². The van der Waals surface area contributed by atoms with Crippen LogP contribution in [0.4, 0.5) is 4.79 Å². The lowest BCUT2D eigenvalue weighted by Gasteiger charge is -2.26. The van der Waals surface area contributed by atoms with Crippen LogP contribution in [0, 0.1) is 5.92 Å². The Morgan fingerprint density at radius 2 is 2.00 bits per heavy atom. The molecule has 0 saturated heterocycles. The highest BCUT2D eigenvalue weighted by Gasteiger charge is 2.31. The number of alkyl carbamates (subject to hydrolysis) is 1. The second kappa shape index (κ2) is 8.75. The highest BCUT2D eigenvalue weighted by molar-refractivity contribution is 7.99. The largest absolute Gasteiger partial charge is 0.444 e. The molecule has 0 fully saturated rings.